The molecule has 1 aromatic rings. The fourth-order valence-corrected chi connectivity index (χ4v) is 1.28. The van der Waals surface area contributed by atoms with E-state index in [2.05, 4.69) is 20.7 Å². The number of nitrogen functional groups attached to an aromatic ring is 1. The molecule has 0 radical (unpaired) electrons. The zero-order valence-electron chi connectivity index (χ0n) is 6.45. The third-order valence-electron chi connectivity index (χ3n) is 1.28. The SMILES string of the molecule is COC(=O)c1cc(Br)c[n+](N)c1. The molecule has 0 fully saturated rings. The number of hydrogen-bond acceptors (Lipinski definition) is 3. The number of nitrogens with zero attached hydrogens (tertiary/aromatic N) is 1. The van der Waals surface area contributed by atoms with Gasteiger partial charge in [0.05, 0.1) is 11.6 Å². The molecule has 1 rings (SSSR count). The van der Waals surface area contributed by atoms with Crippen molar-refractivity contribution in [3.63, 3.8) is 0 Å². The van der Waals surface area contributed by atoms with Gasteiger partial charge in [0.25, 0.3) is 0 Å². The second-order valence-corrected chi connectivity index (χ2v) is 3.10. The Morgan fingerprint density at radius 3 is 2.83 bits per heavy atom. The molecule has 0 aliphatic heterocycles. The first-order chi connectivity index (χ1) is 5.63. The van der Waals surface area contributed by atoms with Gasteiger partial charge < -0.3 is 4.74 Å². The Hall–Kier alpha value is -1.10. The highest BCUT2D eigenvalue weighted by atomic mass is 79.9. The number of ether oxygens (including phenoxy) is 1. The molecule has 0 aliphatic rings. The smallest absolute Gasteiger partial charge is 0.344 e. The topological polar surface area (TPSA) is 56.2 Å². The third-order valence-corrected chi connectivity index (χ3v) is 1.71. The number of methoxy groups -OCH3 is 1. The van der Waals surface area contributed by atoms with Gasteiger partial charge in [0, 0.05) is 0 Å². The van der Waals surface area contributed by atoms with E-state index in [4.69, 9.17) is 5.84 Å². The zero-order valence-corrected chi connectivity index (χ0v) is 8.04. The number of carbonyl (C=O) groups is 1. The summed E-state index contributed by atoms with van der Waals surface area (Å²) in [5, 5.41) is 0. The molecule has 0 unspecified atom stereocenters. The third kappa shape index (κ3) is 1.94. The molecule has 0 amide bonds. The molecule has 0 aliphatic carbocycles. The lowest BCUT2D eigenvalue weighted by atomic mass is 10.3. The average molecular weight is 232 g/mol. The number of hydrogen-bond donors (Lipinski definition) is 1. The predicted octanol–water partition coefficient (Wildman–Crippen LogP) is 0.237. The Bertz CT molecular complexity index is 294. The summed E-state index contributed by atoms with van der Waals surface area (Å²) in [7, 11) is 1.32. The summed E-state index contributed by atoms with van der Waals surface area (Å²) >= 11 is 3.20. The van der Waals surface area contributed by atoms with E-state index in [9.17, 15) is 4.79 Å². The zero-order chi connectivity index (χ0) is 9.14. The first kappa shape index (κ1) is 8.99. The molecule has 0 saturated heterocycles. The summed E-state index contributed by atoms with van der Waals surface area (Å²) in [6.45, 7) is 0. The maximum Gasteiger partial charge on any atom is 0.344 e. The monoisotopic (exact) mass is 231 g/mol. The van der Waals surface area contributed by atoms with Crippen LogP contribution in [0.1, 0.15) is 10.4 Å². The highest BCUT2D eigenvalue weighted by Gasteiger charge is 2.11. The Labute approximate surface area is 78.0 Å². The molecular formula is C7H8BrN2O2+. The molecule has 5 heteroatoms. The first-order valence-corrected chi connectivity index (χ1v) is 3.98. The molecule has 0 atom stereocenters. The van der Waals surface area contributed by atoms with Crippen molar-refractivity contribution in [2.24, 2.45) is 0 Å². The number of rotatable bonds is 1. The van der Waals surface area contributed by atoms with E-state index in [1.807, 2.05) is 0 Å². The van der Waals surface area contributed by atoms with Crippen LogP contribution >= 0.6 is 15.9 Å². The Morgan fingerprint density at radius 1 is 1.67 bits per heavy atom. The maximum atomic E-state index is 11.0. The van der Waals surface area contributed by atoms with Crippen molar-refractivity contribution in [2.75, 3.05) is 13.0 Å². The second kappa shape index (κ2) is 3.53. The molecule has 1 aromatic heterocycles. The van der Waals surface area contributed by atoms with Gasteiger partial charge in [-0.05, 0) is 22.0 Å². The lowest BCUT2D eigenvalue weighted by molar-refractivity contribution is -0.639. The fourth-order valence-electron chi connectivity index (χ4n) is 0.793. The number of esters is 1. The van der Waals surface area contributed by atoms with Crippen LogP contribution < -0.4 is 10.5 Å². The van der Waals surface area contributed by atoms with Gasteiger partial charge in [0.15, 0.2) is 0 Å². The van der Waals surface area contributed by atoms with Gasteiger partial charge in [0.1, 0.15) is 5.56 Å². The van der Waals surface area contributed by atoms with Crippen LogP contribution in [0, 0.1) is 0 Å². The van der Waals surface area contributed by atoms with Gasteiger partial charge in [-0.15, -0.1) is 0 Å². The van der Waals surface area contributed by atoms with E-state index in [0.717, 1.165) is 4.47 Å². The molecule has 0 spiro atoms. The van der Waals surface area contributed by atoms with Crippen LogP contribution in [-0.2, 0) is 4.74 Å². The molecule has 12 heavy (non-hydrogen) atoms. The van der Waals surface area contributed by atoms with Crippen LogP contribution in [0.3, 0.4) is 0 Å². The van der Waals surface area contributed by atoms with Crippen LogP contribution in [0.25, 0.3) is 0 Å². The van der Waals surface area contributed by atoms with E-state index in [1.54, 1.807) is 12.3 Å². The molecular weight excluding hydrogens is 224 g/mol. The molecule has 1 heterocycles. The lowest BCUT2D eigenvalue weighted by Crippen LogP contribution is -2.44. The Morgan fingerprint density at radius 2 is 2.33 bits per heavy atom. The summed E-state index contributed by atoms with van der Waals surface area (Å²) < 4.78 is 6.54. The Balaban J connectivity index is 3.08. The maximum absolute atomic E-state index is 11.0. The minimum absolute atomic E-state index is 0.407. The van der Waals surface area contributed by atoms with Crippen LogP contribution in [-0.4, -0.2) is 13.1 Å². The highest BCUT2D eigenvalue weighted by molar-refractivity contribution is 9.10. The molecule has 2 N–H and O–H groups in total. The largest absolute Gasteiger partial charge is 0.465 e. The normalized spacial score (nSPS) is 9.50. The fraction of sp³-hybridized carbons (Fsp3) is 0.143. The summed E-state index contributed by atoms with van der Waals surface area (Å²) in [6, 6.07) is 1.63. The molecule has 0 saturated carbocycles. The van der Waals surface area contributed by atoms with Crippen LogP contribution in [0.4, 0.5) is 0 Å². The summed E-state index contributed by atoms with van der Waals surface area (Å²) in [4.78, 5) is 11.0. The van der Waals surface area contributed by atoms with E-state index in [0.29, 0.717) is 5.56 Å². The number of aromatic nitrogens is 1. The van der Waals surface area contributed by atoms with Gasteiger partial charge in [0.2, 0.25) is 12.4 Å². The standard InChI is InChI=1S/C7H8BrN2O2/c1-12-7(11)5-2-6(8)4-10(9)3-5/h2-4H,9H2,1H3/q+1. The van der Waals surface area contributed by atoms with Gasteiger partial charge in [-0.25, -0.2) is 10.6 Å². The molecule has 64 valence electrons. The lowest BCUT2D eigenvalue weighted by Gasteiger charge is -1.96. The van der Waals surface area contributed by atoms with Gasteiger partial charge >= 0.3 is 5.97 Å². The van der Waals surface area contributed by atoms with Gasteiger partial charge in [-0.1, -0.05) is 4.68 Å². The number of pyridine rings is 1. The molecule has 0 aromatic carbocycles. The Kier molecular flexibility index (Phi) is 2.65. The van der Waals surface area contributed by atoms with Crippen molar-refractivity contribution in [2.45, 2.75) is 0 Å². The van der Waals surface area contributed by atoms with Crippen molar-refractivity contribution >= 4 is 21.9 Å². The van der Waals surface area contributed by atoms with Crippen LogP contribution in [0.2, 0.25) is 0 Å². The van der Waals surface area contributed by atoms with Crippen molar-refractivity contribution < 1.29 is 14.2 Å². The van der Waals surface area contributed by atoms with Crippen LogP contribution in [0.5, 0.6) is 0 Å². The minimum Gasteiger partial charge on any atom is -0.465 e. The van der Waals surface area contributed by atoms with Crippen molar-refractivity contribution in [1.82, 2.24) is 0 Å². The van der Waals surface area contributed by atoms with Crippen LogP contribution in [0.15, 0.2) is 22.9 Å². The van der Waals surface area contributed by atoms with Gasteiger partial charge in [-0.3, -0.25) is 0 Å². The van der Waals surface area contributed by atoms with Gasteiger partial charge in [-0.2, -0.15) is 0 Å². The van der Waals surface area contributed by atoms with E-state index in [-0.39, 0.29) is 0 Å². The summed E-state index contributed by atoms with van der Waals surface area (Å²) in [5.41, 5.74) is 0.411. The number of nitrogens with two attached hydrogens (primary N) is 1. The van der Waals surface area contributed by atoms with E-state index >= 15 is 0 Å². The summed E-state index contributed by atoms with van der Waals surface area (Å²) in [5.74, 6) is 5.02. The van der Waals surface area contributed by atoms with Crippen molar-refractivity contribution in [3.05, 3.63) is 28.5 Å². The summed E-state index contributed by atoms with van der Waals surface area (Å²) in [6.07, 6.45) is 3.11. The molecule has 4 nitrogen and oxygen atoms in total. The second-order valence-electron chi connectivity index (χ2n) is 2.18. The quantitative estimate of drug-likeness (QED) is 0.428. The van der Waals surface area contributed by atoms with E-state index in [1.165, 1.54) is 18.0 Å². The number of halogens is 1. The van der Waals surface area contributed by atoms with E-state index < -0.39 is 5.97 Å². The first-order valence-electron chi connectivity index (χ1n) is 3.18. The predicted molar refractivity (Wildman–Crippen MR) is 45.8 cm³/mol. The average Bonchev–Trinajstić information content (AvgIpc) is 2.01. The highest BCUT2D eigenvalue weighted by Crippen LogP contribution is 2.08. The van der Waals surface area contributed by atoms with Crippen molar-refractivity contribution in [3.8, 4) is 0 Å². The number of carbonyl (C=O) groups excluding carboxylic acids is 1. The minimum atomic E-state index is -0.407. The molecule has 0 bridgehead atoms. The van der Waals surface area contributed by atoms with Crippen molar-refractivity contribution in [1.29, 1.82) is 0 Å².